The monoisotopic (exact) mass is 514 g/mol. The molecule has 6 nitrogen and oxygen atoms in total. The molecule has 36 heavy (non-hydrogen) atoms. The first kappa shape index (κ1) is 23.8. The van der Waals surface area contributed by atoms with Crippen molar-refractivity contribution in [1.82, 2.24) is 9.97 Å². The number of hydrogen-bond acceptors (Lipinski definition) is 6. The molecule has 180 valence electrons. The summed E-state index contributed by atoms with van der Waals surface area (Å²) >= 11 is 7.86. The summed E-state index contributed by atoms with van der Waals surface area (Å²) < 4.78 is 5.27. The second kappa shape index (κ2) is 10.4. The summed E-state index contributed by atoms with van der Waals surface area (Å²) in [5, 5.41) is 6.45. The number of carbonyl (C=O) groups is 1. The molecule has 0 unspecified atom stereocenters. The fourth-order valence-electron chi connectivity index (χ4n) is 3.96. The summed E-state index contributed by atoms with van der Waals surface area (Å²) in [6.07, 6.45) is 3.40. The van der Waals surface area contributed by atoms with Gasteiger partial charge in [-0.2, -0.15) is 0 Å². The fraction of sp³-hybridized carbons (Fsp3) is 0.107. The van der Waals surface area contributed by atoms with Crippen molar-refractivity contribution in [1.29, 1.82) is 0 Å². The Morgan fingerprint density at radius 3 is 2.53 bits per heavy atom. The second-order valence-corrected chi connectivity index (χ2v) is 9.65. The van der Waals surface area contributed by atoms with E-state index < -0.39 is 0 Å². The zero-order valence-corrected chi connectivity index (χ0v) is 21.3. The quantitative estimate of drug-likeness (QED) is 0.248. The number of thiazole rings is 1. The maximum absolute atomic E-state index is 13.8. The van der Waals surface area contributed by atoms with Crippen LogP contribution < -0.4 is 15.0 Å². The third-order valence-electron chi connectivity index (χ3n) is 5.79. The number of anilines is 3. The number of carbonyl (C=O) groups excluding carboxylic acids is 1. The number of ether oxygens (including phenoxy) is 1. The van der Waals surface area contributed by atoms with Gasteiger partial charge in [0.05, 0.1) is 30.6 Å². The first-order chi connectivity index (χ1) is 17.5. The molecule has 0 saturated carbocycles. The molecule has 0 saturated heterocycles. The van der Waals surface area contributed by atoms with Crippen LogP contribution in [0.5, 0.6) is 5.75 Å². The number of halogens is 1. The third-order valence-corrected chi connectivity index (χ3v) is 6.99. The predicted octanol–water partition coefficient (Wildman–Crippen LogP) is 7.25. The molecule has 1 amide bonds. The predicted molar refractivity (Wildman–Crippen MR) is 147 cm³/mol. The number of fused-ring (bicyclic) bond motifs is 1. The van der Waals surface area contributed by atoms with Gasteiger partial charge in [0.2, 0.25) is 0 Å². The van der Waals surface area contributed by atoms with E-state index in [1.807, 2.05) is 79.9 Å². The standard InChI is InChI=1S/C28H23ClN4O2S/c1-18-6-5-9-23(29)26(18)33(17-19-10-12-22(35-2)13-11-19)27(34)24-16-31-28(36-24)32-25-14-20-7-3-4-8-21(20)15-30-25/h3-16H,17H2,1-2H3,(H,30,31,32). The van der Waals surface area contributed by atoms with Crippen LogP contribution in [0.4, 0.5) is 16.6 Å². The van der Waals surface area contributed by atoms with Crippen molar-refractivity contribution in [3.8, 4) is 5.75 Å². The number of nitrogens with one attached hydrogen (secondary N) is 1. The van der Waals surface area contributed by atoms with E-state index >= 15 is 0 Å². The van der Waals surface area contributed by atoms with Crippen molar-refractivity contribution in [3.05, 3.63) is 106 Å². The normalized spacial score (nSPS) is 10.9. The van der Waals surface area contributed by atoms with Crippen molar-refractivity contribution in [2.24, 2.45) is 0 Å². The zero-order valence-electron chi connectivity index (χ0n) is 19.7. The van der Waals surface area contributed by atoms with Crippen LogP contribution in [0.25, 0.3) is 10.8 Å². The molecular weight excluding hydrogens is 492 g/mol. The summed E-state index contributed by atoms with van der Waals surface area (Å²) in [5.41, 5.74) is 2.54. The number of pyridine rings is 1. The van der Waals surface area contributed by atoms with Gasteiger partial charge in [-0.1, -0.05) is 71.5 Å². The van der Waals surface area contributed by atoms with Crippen molar-refractivity contribution >= 4 is 56.3 Å². The van der Waals surface area contributed by atoms with Crippen molar-refractivity contribution < 1.29 is 9.53 Å². The topological polar surface area (TPSA) is 67.3 Å². The van der Waals surface area contributed by atoms with Crippen LogP contribution in [0.15, 0.2) is 85.2 Å². The lowest BCUT2D eigenvalue weighted by molar-refractivity contribution is 0.0988. The van der Waals surface area contributed by atoms with Crippen LogP contribution in [0.3, 0.4) is 0 Å². The van der Waals surface area contributed by atoms with Gasteiger partial charge < -0.3 is 15.0 Å². The van der Waals surface area contributed by atoms with Gasteiger partial charge in [-0.05, 0) is 47.7 Å². The van der Waals surface area contributed by atoms with Crippen LogP contribution in [-0.2, 0) is 6.54 Å². The maximum Gasteiger partial charge on any atom is 0.270 e. The molecule has 0 fully saturated rings. The highest BCUT2D eigenvalue weighted by Crippen LogP contribution is 2.34. The lowest BCUT2D eigenvalue weighted by atomic mass is 10.1. The highest BCUT2D eigenvalue weighted by molar-refractivity contribution is 7.17. The Balaban J connectivity index is 1.44. The Labute approximate surface area is 218 Å². The average molecular weight is 515 g/mol. The van der Waals surface area contributed by atoms with Gasteiger partial charge in [0.15, 0.2) is 5.13 Å². The Morgan fingerprint density at radius 1 is 1.00 bits per heavy atom. The first-order valence-electron chi connectivity index (χ1n) is 11.3. The van der Waals surface area contributed by atoms with E-state index in [-0.39, 0.29) is 5.91 Å². The van der Waals surface area contributed by atoms with Crippen LogP contribution in [-0.4, -0.2) is 23.0 Å². The Bertz CT molecular complexity index is 1510. The minimum Gasteiger partial charge on any atom is -0.497 e. The third kappa shape index (κ3) is 5.03. The lowest BCUT2D eigenvalue weighted by Gasteiger charge is -2.25. The fourth-order valence-corrected chi connectivity index (χ4v) is 5.05. The van der Waals surface area contributed by atoms with E-state index in [9.17, 15) is 4.79 Å². The minimum absolute atomic E-state index is 0.181. The van der Waals surface area contributed by atoms with E-state index in [0.29, 0.717) is 33.1 Å². The summed E-state index contributed by atoms with van der Waals surface area (Å²) in [6, 6.07) is 23.2. The van der Waals surface area contributed by atoms with Crippen molar-refractivity contribution in [3.63, 3.8) is 0 Å². The first-order valence-corrected chi connectivity index (χ1v) is 12.5. The summed E-state index contributed by atoms with van der Waals surface area (Å²) in [5.74, 6) is 1.24. The van der Waals surface area contributed by atoms with E-state index in [4.69, 9.17) is 16.3 Å². The maximum atomic E-state index is 13.8. The number of aryl methyl sites for hydroxylation is 1. The van der Waals surface area contributed by atoms with Crippen molar-refractivity contribution in [2.75, 3.05) is 17.3 Å². The molecular formula is C28H23ClN4O2S. The summed E-state index contributed by atoms with van der Waals surface area (Å²) in [4.78, 5) is 24.9. The van der Waals surface area contributed by atoms with E-state index in [1.165, 1.54) is 11.3 Å². The molecule has 0 spiro atoms. The molecule has 0 aliphatic carbocycles. The zero-order chi connectivity index (χ0) is 25.1. The molecule has 3 aromatic carbocycles. The lowest BCUT2D eigenvalue weighted by Crippen LogP contribution is -2.30. The number of methoxy groups -OCH3 is 1. The molecule has 0 aliphatic rings. The summed E-state index contributed by atoms with van der Waals surface area (Å²) in [6.45, 7) is 2.29. The van der Waals surface area contributed by atoms with Crippen LogP contribution >= 0.6 is 22.9 Å². The Kier molecular flexibility index (Phi) is 6.84. The molecule has 0 atom stereocenters. The number of para-hydroxylation sites is 1. The van der Waals surface area contributed by atoms with Gasteiger partial charge in [0.25, 0.3) is 5.91 Å². The van der Waals surface area contributed by atoms with Gasteiger partial charge in [-0.3, -0.25) is 4.79 Å². The molecule has 5 aromatic rings. The number of hydrogen-bond donors (Lipinski definition) is 1. The average Bonchev–Trinajstić information content (AvgIpc) is 3.36. The molecule has 0 aliphatic heterocycles. The molecule has 5 rings (SSSR count). The largest absolute Gasteiger partial charge is 0.497 e. The van der Waals surface area contributed by atoms with E-state index in [0.717, 1.165) is 27.6 Å². The molecule has 2 heterocycles. The summed E-state index contributed by atoms with van der Waals surface area (Å²) in [7, 11) is 1.63. The van der Waals surface area contributed by atoms with Crippen LogP contribution in [0.2, 0.25) is 5.02 Å². The Morgan fingerprint density at radius 2 is 1.78 bits per heavy atom. The number of rotatable bonds is 7. The van der Waals surface area contributed by atoms with Crippen LogP contribution in [0.1, 0.15) is 20.8 Å². The molecule has 1 N–H and O–H groups in total. The molecule has 2 aromatic heterocycles. The second-order valence-electron chi connectivity index (χ2n) is 8.22. The van der Waals surface area contributed by atoms with Gasteiger partial charge >= 0.3 is 0 Å². The van der Waals surface area contributed by atoms with Gasteiger partial charge in [-0.15, -0.1) is 0 Å². The van der Waals surface area contributed by atoms with E-state index in [1.54, 1.807) is 24.3 Å². The minimum atomic E-state index is -0.181. The van der Waals surface area contributed by atoms with Crippen LogP contribution in [0, 0.1) is 6.92 Å². The smallest absolute Gasteiger partial charge is 0.270 e. The highest BCUT2D eigenvalue weighted by Gasteiger charge is 2.24. The van der Waals surface area contributed by atoms with Gasteiger partial charge in [0.1, 0.15) is 16.4 Å². The van der Waals surface area contributed by atoms with Gasteiger partial charge in [0, 0.05) is 11.6 Å². The highest BCUT2D eigenvalue weighted by atomic mass is 35.5. The number of amides is 1. The number of nitrogens with zero attached hydrogens (tertiary/aromatic N) is 3. The number of aromatic nitrogens is 2. The Hall–Kier alpha value is -3.94. The molecule has 0 radical (unpaired) electrons. The van der Waals surface area contributed by atoms with E-state index in [2.05, 4.69) is 15.3 Å². The molecule has 8 heteroatoms. The molecule has 0 bridgehead atoms. The van der Waals surface area contributed by atoms with Gasteiger partial charge in [-0.25, -0.2) is 9.97 Å². The SMILES string of the molecule is COc1ccc(CN(C(=O)c2cnc(Nc3cc4ccccc4cn3)s2)c2c(C)cccc2Cl)cc1. The van der Waals surface area contributed by atoms with Crippen molar-refractivity contribution in [2.45, 2.75) is 13.5 Å². The number of benzene rings is 3.